The van der Waals surface area contributed by atoms with Gasteiger partial charge in [-0.05, 0) is 35.7 Å². The van der Waals surface area contributed by atoms with E-state index in [-0.39, 0.29) is 5.82 Å². The van der Waals surface area contributed by atoms with E-state index in [0.717, 1.165) is 5.69 Å². The summed E-state index contributed by atoms with van der Waals surface area (Å²) in [7, 11) is 0. The van der Waals surface area contributed by atoms with Crippen molar-refractivity contribution in [2.75, 3.05) is 11.1 Å². The Bertz CT molecular complexity index is 530. The SMILES string of the molecule is CC(C)c1ccccc1Nc1cc(N)cc(F)c1. The van der Waals surface area contributed by atoms with Gasteiger partial charge in [0.05, 0.1) is 0 Å². The number of nitrogen functional groups attached to an aromatic ring is 1. The number of halogens is 1. The van der Waals surface area contributed by atoms with Gasteiger partial charge in [0.25, 0.3) is 0 Å². The zero-order valence-corrected chi connectivity index (χ0v) is 10.6. The monoisotopic (exact) mass is 244 g/mol. The lowest BCUT2D eigenvalue weighted by Crippen LogP contribution is -1.98. The van der Waals surface area contributed by atoms with Crippen LogP contribution in [0, 0.1) is 5.82 Å². The maximum Gasteiger partial charge on any atom is 0.127 e. The van der Waals surface area contributed by atoms with Gasteiger partial charge in [-0.1, -0.05) is 32.0 Å². The summed E-state index contributed by atoms with van der Waals surface area (Å²) in [5.74, 6) is 0.0686. The van der Waals surface area contributed by atoms with Crippen LogP contribution in [0.25, 0.3) is 0 Å². The maximum absolute atomic E-state index is 13.3. The fourth-order valence-electron chi connectivity index (χ4n) is 1.95. The molecule has 2 nitrogen and oxygen atoms in total. The Hall–Kier alpha value is -2.03. The molecule has 3 heteroatoms. The van der Waals surface area contributed by atoms with Crippen molar-refractivity contribution < 1.29 is 4.39 Å². The molecule has 0 saturated carbocycles. The first kappa shape index (κ1) is 12.4. The van der Waals surface area contributed by atoms with Crippen LogP contribution in [0.4, 0.5) is 21.5 Å². The molecule has 0 aliphatic heterocycles. The maximum atomic E-state index is 13.3. The van der Waals surface area contributed by atoms with Crippen LogP contribution < -0.4 is 11.1 Å². The van der Waals surface area contributed by atoms with Crippen molar-refractivity contribution in [3.05, 3.63) is 53.8 Å². The summed E-state index contributed by atoms with van der Waals surface area (Å²) >= 11 is 0. The molecule has 0 aromatic heterocycles. The van der Waals surface area contributed by atoms with Crippen LogP contribution in [0.2, 0.25) is 0 Å². The van der Waals surface area contributed by atoms with Gasteiger partial charge >= 0.3 is 0 Å². The van der Waals surface area contributed by atoms with Gasteiger partial charge in [0.1, 0.15) is 5.82 Å². The number of nitrogens with one attached hydrogen (secondary N) is 1. The molecule has 0 aliphatic rings. The molecule has 0 bridgehead atoms. The van der Waals surface area contributed by atoms with Gasteiger partial charge in [-0.15, -0.1) is 0 Å². The molecule has 0 aliphatic carbocycles. The predicted molar refractivity (Wildman–Crippen MR) is 74.6 cm³/mol. The lowest BCUT2D eigenvalue weighted by atomic mass is 10.0. The Balaban J connectivity index is 2.34. The summed E-state index contributed by atoms with van der Waals surface area (Å²) in [5.41, 5.74) is 8.89. The third kappa shape index (κ3) is 2.80. The number of nitrogens with two attached hydrogens (primary N) is 1. The average molecular weight is 244 g/mol. The first-order chi connectivity index (χ1) is 8.56. The van der Waals surface area contributed by atoms with Crippen molar-refractivity contribution in [3.63, 3.8) is 0 Å². The molecule has 2 rings (SSSR count). The van der Waals surface area contributed by atoms with Gasteiger partial charge in [0, 0.05) is 17.1 Å². The Kier molecular flexibility index (Phi) is 3.51. The summed E-state index contributed by atoms with van der Waals surface area (Å²) in [6.07, 6.45) is 0. The molecular formula is C15H17FN2. The van der Waals surface area contributed by atoms with Crippen LogP contribution >= 0.6 is 0 Å². The van der Waals surface area contributed by atoms with Gasteiger partial charge in [-0.3, -0.25) is 0 Å². The molecule has 0 spiro atoms. The molecule has 0 radical (unpaired) electrons. The molecule has 18 heavy (non-hydrogen) atoms. The van der Waals surface area contributed by atoms with Crippen LogP contribution in [0.5, 0.6) is 0 Å². The largest absolute Gasteiger partial charge is 0.399 e. The lowest BCUT2D eigenvalue weighted by molar-refractivity contribution is 0.629. The third-order valence-electron chi connectivity index (χ3n) is 2.78. The molecule has 0 atom stereocenters. The first-order valence-corrected chi connectivity index (χ1v) is 5.98. The van der Waals surface area contributed by atoms with E-state index in [1.807, 2.05) is 18.2 Å². The number of para-hydroxylation sites is 1. The zero-order valence-electron chi connectivity index (χ0n) is 10.6. The number of anilines is 3. The summed E-state index contributed by atoms with van der Waals surface area (Å²) in [6, 6.07) is 12.5. The summed E-state index contributed by atoms with van der Waals surface area (Å²) in [4.78, 5) is 0. The number of hydrogen-bond acceptors (Lipinski definition) is 2. The van der Waals surface area contributed by atoms with Crippen LogP contribution in [0.1, 0.15) is 25.3 Å². The Morgan fingerprint density at radius 3 is 2.50 bits per heavy atom. The minimum atomic E-state index is -0.334. The summed E-state index contributed by atoms with van der Waals surface area (Å²) in [5, 5.41) is 3.22. The van der Waals surface area contributed by atoms with Crippen molar-refractivity contribution in [2.24, 2.45) is 0 Å². The second kappa shape index (κ2) is 5.08. The number of hydrogen-bond donors (Lipinski definition) is 2. The fraction of sp³-hybridized carbons (Fsp3) is 0.200. The van der Waals surface area contributed by atoms with E-state index < -0.39 is 0 Å². The molecular weight excluding hydrogens is 227 g/mol. The molecule has 0 amide bonds. The molecule has 0 saturated heterocycles. The average Bonchev–Trinajstić information content (AvgIpc) is 2.27. The van der Waals surface area contributed by atoms with Crippen molar-refractivity contribution in [2.45, 2.75) is 19.8 Å². The van der Waals surface area contributed by atoms with Crippen molar-refractivity contribution in [1.29, 1.82) is 0 Å². The Labute approximate surface area is 107 Å². The lowest BCUT2D eigenvalue weighted by Gasteiger charge is -2.14. The van der Waals surface area contributed by atoms with Gasteiger partial charge in [0.2, 0.25) is 0 Å². The Morgan fingerprint density at radius 2 is 1.83 bits per heavy atom. The molecule has 3 N–H and O–H groups in total. The van der Waals surface area contributed by atoms with Gasteiger partial charge in [-0.25, -0.2) is 4.39 Å². The van der Waals surface area contributed by atoms with Gasteiger partial charge in [-0.2, -0.15) is 0 Å². The highest BCUT2D eigenvalue weighted by Gasteiger charge is 2.06. The normalized spacial score (nSPS) is 10.7. The van der Waals surface area contributed by atoms with Crippen molar-refractivity contribution in [3.8, 4) is 0 Å². The van der Waals surface area contributed by atoms with Crippen LogP contribution in [0.3, 0.4) is 0 Å². The van der Waals surface area contributed by atoms with E-state index >= 15 is 0 Å². The molecule has 0 heterocycles. The standard InChI is InChI=1S/C15H17FN2/c1-10(2)14-5-3-4-6-15(14)18-13-8-11(16)7-12(17)9-13/h3-10,18H,17H2,1-2H3. The van der Waals surface area contributed by atoms with E-state index in [0.29, 0.717) is 17.3 Å². The summed E-state index contributed by atoms with van der Waals surface area (Å²) < 4.78 is 13.3. The van der Waals surface area contributed by atoms with Gasteiger partial charge < -0.3 is 11.1 Å². The zero-order chi connectivity index (χ0) is 13.1. The van der Waals surface area contributed by atoms with E-state index in [1.165, 1.54) is 17.7 Å². The molecule has 0 fully saturated rings. The smallest absolute Gasteiger partial charge is 0.127 e. The third-order valence-corrected chi connectivity index (χ3v) is 2.78. The van der Waals surface area contributed by atoms with E-state index in [9.17, 15) is 4.39 Å². The van der Waals surface area contributed by atoms with Crippen molar-refractivity contribution in [1.82, 2.24) is 0 Å². The summed E-state index contributed by atoms with van der Waals surface area (Å²) in [6.45, 7) is 4.25. The minimum Gasteiger partial charge on any atom is -0.399 e. The van der Waals surface area contributed by atoms with Crippen LogP contribution in [-0.2, 0) is 0 Å². The molecule has 2 aromatic rings. The second-order valence-corrected chi connectivity index (χ2v) is 4.64. The molecule has 2 aromatic carbocycles. The van der Waals surface area contributed by atoms with Crippen LogP contribution in [-0.4, -0.2) is 0 Å². The van der Waals surface area contributed by atoms with Gasteiger partial charge in [0.15, 0.2) is 0 Å². The highest BCUT2D eigenvalue weighted by atomic mass is 19.1. The van der Waals surface area contributed by atoms with E-state index in [2.05, 4.69) is 25.2 Å². The minimum absolute atomic E-state index is 0.334. The Morgan fingerprint density at radius 1 is 1.11 bits per heavy atom. The number of benzene rings is 2. The fourth-order valence-corrected chi connectivity index (χ4v) is 1.95. The first-order valence-electron chi connectivity index (χ1n) is 5.98. The van der Waals surface area contributed by atoms with E-state index in [1.54, 1.807) is 6.07 Å². The quantitative estimate of drug-likeness (QED) is 0.791. The molecule has 0 unspecified atom stereocenters. The topological polar surface area (TPSA) is 38.0 Å². The number of rotatable bonds is 3. The van der Waals surface area contributed by atoms with Crippen molar-refractivity contribution >= 4 is 17.1 Å². The highest BCUT2D eigenvalue weighted by molar-refractivity contribution is 5.66. The predicted octanol–water partition coefficient (Wildman–Crippen LogP) is 4.27. The van der Waals surface area contributed by atoms with Crippen LogP contribution in [0.15, 0.2) is 42.5 Å². The molecule has 94 valence electrons. The second-order valence-electron chi connectivity index (χ2n) is 4.64. The highest BCUT2D eigenvalue weighted by Crippen LogP contribution is 2.27. The van der Waals surface area contributed by atoms with E-state index in [4.69, 9.17) is 5.73 Å².